The van der Waals surface area contributed by atoms with Crippen molar-refractivity contribution < 1.29 is 36.6 Å². The van der Waals surface area contributed by atoms with Gasteiger partial charge in [0.2, 0.25) is 5.88 Å². The Morgan fingerprint density at radius 2 is 1.91 bits per heavy atom. The normalized spacial score (nSPS) is 24.2. The molecule has 13 heteroatoms. The summed E-state index contributed by atoms with van der Waals surface area (Å²) >= 11 is 5.65. The highest BCUT2D eigenvalue weighted by molar-refractivity contribution is 6.30. The smallest absolute Gasteiger partial charge is 0.434 e. The van der Waals surface area contributed by atoms with Crippen molar-refractivity contribution in [3.05, 3.63) is 47.1 Å². The maximum atomic E-state index is 13.7. The molecular weight excluding hydrogens is 472 g/mol. The first kappa shape index (κ1) is 23.0. The summed E-state index contributed by atoms with van der Waals surface area (Å²) in [5, 5.41) is 2.70. The first-order valence-electron chi connectivity index (χ1n) is 9.66. The quantitative estimate of drug-likeness (QED) is 0.552. The fourth-order valence-electron chi connectivity index (χ4n) is 4.46. The number of rotatable bonds is 8. The van der Waals surface area contributed by atoms with Crippen LogP contribution in [-0.2, 0) is 15.8 Å². The van der Waals surface area contributed by atoms with E-state index in [0.29, 0.717) is 25.5 Å². The second-order valence-corrected chi connectivity index (χ2v) is 8.63. The van der Waals surface area contributed by atoms with E-state index in [9.17, 15) is 27.2 Å². The number of hydrogen-bond acceptors (Lipinski definition) is 6. The van der Waals surface area contributed by atoms with E-state index in [1.165, 1.54) is 12.1 Å². The number of amides is 2. The molecule has 5 rings (SSSR count). The number of alkyl halides is 3. The minimum atomic E-state index is -4.63. The maximum Gasteiger partial charge on any atom is 0.434 e. The van der Waals surface area contributed by atoms with Crippen molar-refractivity contribution in [3.63, 3.8) is 0 Å². The largest absolute Gasteiger partial charge is 0.480 e. The van der Waals surface area contributed by atoms with Crippen LogP contribution in [0, 0.1) is 11.2 Å². The molecule has 2 aromatic rings. The first-order valence-corrected chi connectivity index (χ1v) is 10.0. The lowest BCUT2D eigenvalue weighted by atomic mass is 9.37. The number of nitrogens with zero attached hydrogens (tertiary/aromatic N) is 2. The van der Waals surface area contributed by atoms with Gasteiger partial charge in [-0.25, -0.2) is 14.4 Å². The van der Waals surface area contributed by atoms with Crippen molar-refractivity contribution in [1.29, 1.82) is 0 Å². The van der Waals surface area contributed by atoms with E-state index in [4.69, 9.17) is 26.8 Å². The summed E-state index contributed by atoms with van der Waals surface area (Å²) in [5.74, 6) is -2.05. The van der Waals surface area contributed by atoms with E-state index in [0.717, 1.165) is 12.3 Å². The second kappa shape index (κ2) is 8.01. The summed E-state index contributed by atoms with van der Waals surface area (Å²) < 4.78 is 61.9. The standard InChI is InChI=1S/C20H17ClF4N4O4/c21-11-2-1-10(3-12(11)22)33-16(17(26)31)18-7-19(8-18,9-18)29-14(30)6-32-15-5-27-13(4-28-15)20(23,24)25/h1-5,16H,6-9H2,(H2,26,31)(H,29,30). The predicted octanol–water partition coefficient (Wildman–Crippen LogP) is 2.64. The summed E-state index contributed by atoms with van der Waals surface area (Å²) in [6.45, 7) is -0.478. The van der Waals surface area contributed by atoms with E-state index in [1.807, 2.05) is 0 Å². The zero-order chi connectivity index (χ0) is 24.0. The molecule has 33 heavy (non-hydrogen) atoms. The molecule has 1 heterocycles. The average Bonchev–Trinajstić information content (AvgIpc) is 2.68. The predicted molar refractivity (Wildman–Crippen MR) is 105 cm³/mol. The number of benzene rings is 1. The van der Waals surface area contributed by atoms with Gasteiger partial charge in [-0.1, -0.05) is 11.6 Å². The number of nitrogens with two attached hydrogens (primary N) is 1. The van der Waals surface area contributed by atoms with Crippen molar-refractivity contribution in [2.24, 2.45) is 11.1 Å². The molecule has 1 atom stereocenters. The zero-order valence-electron chi connectivity index (χ0n) is 16.8. The van der Waals surface area contributed by atoms with Crippen LogP contribution in [0.3, 0.4) is 0 Å². The van der Waals surface area contributed by atoms with Gasteiger partial charge >= 0.3 is 6.18 Å². The Kier molecular flexibility index (Phi) is 5.59. The third-order valence-corrected chi connectivity index (χ3v) is 6.01. The van der Waals surface area contributed by atoms with Crippen molar-refractivity contribution >= 4 is 23.4 Å². The summed E-state index contributed by atoms with van der Waals surface area (Å²) in [7, 11) is 0. The monoisotopic (exact) mass is 488 g/mol. The number of carbonyl (C=O) groups excluding carboxylic acids is 2. The number of nitrogens with one attached hydrogen (secondary N) is 1. The van der Waals surface area contributed by atoms with Gasteiger partial charge in [0.15, 0.2) is 18.4 Å². The highest BCUT2D eigenvalue weighted by atomic mass is 35.5. The topological polar surface area (TPSA) is 116 Å². The zero-order valence-corrected chi connectivity index (χ0v) is 17.5. The molecule has 0 spiro atoms. The lowest BCUT2D eigenvalue weighted by Crippen LogP contribution is -2.80. The van der Waals surface area contributed by atoms with Crippen LogP contribution in [0.25, 0.3) is 0 Å². The number of primary amides is 1. The Bertz CT molecular complexity index is 1080. The van der Waals surface area contributed by atoms with E-state index < -0.39 is 53.2 Å². The molecule has 1 aromatic carbocycles. The molecule has 1 aromatic heterocycles. The molecule has 176 valence electrons. The minimum Gasteiger partial charge on any atom is -0.480 e. The Morgan fingerprint density at radius 3 is 2.45 bits per heavy atom. The molecular formula is C20H17ClF4N4O4. The van der Waals surface area contributed by atoms with Crippen LogP contribution in [0.4, 0.5) is 17.6 Å². The van der Waals surface area contributed by atoms with E-state index in [2.05, 4.69) is 15.3 Å². The van der Waals surface area contributed by atoms with Gasteiger partial charge in [0.25, 0.3) is 11.8 Å². The molecule has 2 bridgehead atoms. The van der Waals surface area contributed by atoms with Crippen molar-refractivity contribution in [2.75, 3.05) is 6.61 Å². The molecule has 3 aliphatic rings. The fourth-order valence-corrected chi connectivity index (χ4v) is 4.57. The third kappa shape index (κ3) is 4.52. The third-order valence-electron chi connectivity index (χ3n) is 5.71. The highest BCUT2D eigenvalue weighted by Gasteiger charge is 2.73. The fraction of sp³-hybridized carbons (Fsp3) is 0.400. The number of hydrogen-bond donors (Lipinski definition) is 2. The Hall–Kier alpha value is -3.15. The lowest BCUT2D eigenvalue weighted by Gasteiger charge is -2.71. The van der Waals surface area contributed by atoms with Crippen LogP contribution >= 0.6 is 11.6 Å². The van der Waals surface area contributed by atoms with Gasteiger partial charge in [-0.3, -0.25) is 9.59 Å². The van der Waals surface area contributed by atoms with Crippen LogP contribution in [-0.4, -0.2) is 40.0 Å². The molecule has 1 unspecified atom stereocenters. The van der Waals surface area contributed by atoms with Gasteiger partial charge in [-0.2, -0.15) is 13.2 Å². The van der Waals surface area contributed by atoms with Crippen molar-refractivity contribution in [3.8, 4) is 11.6 Å². The number of halogens is 5. The Labute approximate surface area is 189 Å². The first-order chi connectivity index (χ1) is 15.4. The molecule has 0 saturated heterocycles. The van der Waals surface area contributed by atoms with Gasteiger partial charge in [0, 0.05) is 17.0 Å². The van der Waals surface area contributed by atoms with E-state index >= 15 is 0 Å². The molecule has 0 aliphatic heterocycles. The highest BCUT2D eigenvalue weighted by Crippen LogP contribution is 2.69. The minimum absolute atomic E-state index is 0.0883. The van der Waals surface area contributed by atoms with Crippen molar-refractivity contribution in [2.45, 2.75) is 37.1 Å². The SMILES string of the molecule is NC(=O)C(Oc1ccc(Cl)c(F)c1)C12CC(NC(=O)COc3cnc(C(F)(F)F)cn3)(C1)C2. The Morgan fingerprint density at radius 1 is 1.21 bits per heavy atom. The second-order valence-electron chi connectivity index (χ2n) is 8.22. The van der Waals surface area contributed by atoms with Crippen LogP contribution in [0.15, 0.2) is 30.6 Å². The summed E-state index contributed by atoms with van der Waals surface area (Å²) in [6, 6.07) is 3.78. The van der Waals surface area contributed by atoms with Gasteiger partial charge in [0.1, 0.15) is 11.6 Å². The lowest BCUT2D eigenvalue weighted by molar-refractivity contribution is -0.208. The van der Waals surface area contributed by atoms with Crippen LogP contribution in [0.5, 0.6) is 11.6 Å². The molecule has 0 radical (unpaired) electrons. The summed E-state index contributed by atoms with van der Waals surface area (Å²) in [6.07, 6.45) is -3.12. The molecule has 2 amide bonds. The van der Waals surface area contributed by atoms with Crippen LogP contribution in [0.1, 0.15) is 25.0 Å². The number of carbonyl (C=O) groups is 2. The molecule has 8 nitrogen and oxygen atoms in total. The number of aromatic nitrogens is 2. The van der Waals surface area contributed by atoms with Crippen LogP contribution in [0.2, 0.25) is 5.02 Å². The van der Waals surface area contributed by atoms with Gasteiger partial charge < -0.3 is 20.5 Å². The van der Waals surface area contributed by atoms with Gasteiger partial charge in [-0.05, 0) is 31.4 Å². The van der Waals surface area contributed by atoms with Gasteiger partial charge in [0.05, 0.1) is 17.4 Å². The average molecular weight is 489 g/mol. The Balaban J connectivity index is 1.29. The van der Waals surface area contributed by atoms with E-state index in [1.54, 1.807) is 0 Å². The van der Waals surface area contributed by atoms with Crippen LogP contribution < -0.4 is 20.5 Å². The molecule has 3 N–H and O–H groups in total. The summed E-state index contributed by atoms with van der Waals surface area (Å²) in [5.41, 5.74) is 3.17. The van der Waals surface area contributed by atoms with Gasteiger partial charge in [-0.15, -0.1) is 0 Å². The maximum absolute atomic E-state index is 13.7. The summed E-state index contributed by atoms with van der Waals surface area (Å²) in [4.78, 5) is 30.9. The molecule has 3 aliphatic carbocycles. The van der Waals surface area contributed by atoms with E-state index in [-0.39, 0.29) is 16.7 Å². The number of ether oxygens (including phenoxy) is 2. The molecule has 3 fully saturated rings. The molecule has 3 saturated carbocycles. The van der Waals surface area contributed by atoms with Crippen molar-refractivity contribution in [1.82, 2.24) is 15.3 Å².